The van der Waals surface area contributed by atoms with Gasteiger partial charge >= 0.3 is 0 Å². The highest BCUT2D eigenvalue weighted by Crippen LogP contribution is 2.34. The first-order valence-electron chi connectivity index (χ1n) is 7.53. The summed E-state index contributed by atoms with van der Waals surface area (Å²) in [5.41, 5.74) is 2.45. The predicted octanol–water partition coefficient (Wildman–Crippen LogP) is 2.97. The molecule has 0 saturated carbocycles. The van der Waals surface area contributed by atoms with Gasteiger partial charge < -0.3 is 4.74 Å². The van der Waals surface area contributed by atoms with Crippen LogP contribution < -0.4 is 0 Å². The molecule has 3 rings (SSSR count). The Labute approximate surface area is 128 Å². The van der Waals surface area contributed by atoms with Crippen LogP contribution in [-0.4, -0.2) is 39.0 Å². The van der Waals surface area contributed by atoms with E-state index in [1.54, 1.807) is 0 Å². The van der Waals surface area contributed by atoms with E-state index in [4.69, 9.17) is 12.6 Å². The third kappa shape index (κ3) is 3.37. The van der Waals surface area contributed by atoms with E-state index >= 15 is 0 Å². The second kappa shape index (κ2) is 6.92. The fraction of sp³-hybridized carbons (Fsp3) is 0.333. The van der Waals surface area contributed by atoms with Crippen molar-refractivity contribution >= 4 is 7.85 Å². The van der Waals surface area contributed by atoms with Crippen molar-refractivity contribution in [2.24, 2.45) is 0 Å². The van der Waals surface area contributed by atoms with Crippen LogP contribution in [0.5, 0.6) is 0 Å². The minimum absolute atomic E-state index is 0.0355. The summed E-state index contributed by atoms with van der Waals surface area (Å²) in [6.07, 6.45) is 0. The van der Waals surface area contributed by atoms with Gasteiger partial charge in [0.1, 0.15) is 0 Å². The first-order chi connectivity index (χ1) is 10.4. The van der Waals surface area contributed by atoms with Crippen molar-refractivity contribution in [3.05, 3.63) is 71.8 Å². The van der Waals surface area contributed by atoms with Crippen molar-refractivity contribution in [2.45, 2.75) is 11.9 Å². The molecule has 1 aliphatic heterocycles. The minimum Gasteiger partial charge on any atom is -0.379 e. The molecule has 2 aromatic rings. The topological polar surface area (TPSA) is 12.5 Å². The maximum atomic E-state index is 6.62. The second-order valence-corrected chi connectivity index (χ2v) is 5.44. The monoisotopic (exact) mass is 277 g/mol. The zero-order valence-corrected chi connectivity index (χ0v) is 12.2. The van der Waals surface area contributed by atoms with Gasteiger partial charge in [-0.15, -0.1) is 0 Å². The van der Waals surface area contributed by atoms with E-state index in [0.717, 1.165) is 26.3 Å². The Hall–Kier alpha value is -1.58. The van der Waals surface area contributed by atoms with Crippen molar-refractivity contribution in [2.75, 3.05) is 26.3 Å². The first-order valence-corrected chi connectivity index (χ1v) is 7.53. The summed E-state index contributed by atoms with van der Waals surface area (Å²) in [6, 6.07) is 21.1. The number of ether oxygens (including phenoxy) is 1. The lowest BCUT2D eigenvalue weighted by atomic mass is 9.72. The van der Waals surface area contributed by atoms with E-state index in [0.29, 0.717) is 0 Å². The third-order valence-electron chi connectivity index (χ3n) is 4.10. The Bertz CT molecular complexity index is 540. The van der Waals surface area contributed by atoms with E-state index in [9.17, 15) is 0 Å². The van der Waals surface area contributed by atoms with Gasteiger partial charge in [-0.05, 0) is 11.4 Å². The molecular weight excluding hydrogens is 257 g/mol. The summed E-state index contributed by atoms with van der Waals surface area (Å²) in [6.45, 7) is 3.43. The van der Waals surface area contributed by atoms with Gasteiger partial charge in [0.05, 0.1) is 21.1 Å². The van der Waals surface area contributed by atoms with Gasteiger partial charge in [0.2, 0.25) is 0 Å². The number of hydrogen-bond donors (Lipinski definition) is 0. The molecule has 1 fully saturated rings. The summed E-state index contributed by atoms with van der Waals surface area (Å²) in [5, 5.41) is 0. The summed E-state index contributed by atoms with van der Waals surface area (Å²) in [4.78, 5) is 2.44. The van der Waals surface area contributed by atoms with Crippen LogP contribution in [0.1, 0.15) is 23.0 Å². The van der Waals surface area contributed by atoms with Gasteiger partial charge in [-0.3, -0.25) is 4.90 Å². The van der Waals surface area contributed by atoms with Crippen LogP contribution in [0.4, 0.5) is 0 Å². The Morgan fingerprint density at radius 1 is 0.810 bits per heavy atom. The van der Waals surface area contributed by atoms with Crippen molar-refractivity contribution in [3.8, 4) is 0 Å². The van der Waals surface area contributed by atoms with E-state index in [-0.39, 0.29) is 11.9 Å². The quantitative estimate of drug-likeness (QED) is 0.797. The van der Waals surface area contributed by atoms with Crippen LogP contribution in [-0.2, 0) is 4.74 Å². The van der Waals surface area contributed by atoms with E-state index < -0.39 is 0 Å². The van der Waals surface area contributed by atoms with Gasteiger partial charge in [-0.1, -0.05) is 66.2 Å². The fourth-order valence-electron chi connectivity index (χ4n) is 3.01. The molecule has 0 aliphatic carbocycles. The number of nitrogens with zero attached hydrogens (tertiary/aromatic N) is 1. The summed E-state index contributed by atoms with van der Waals surface area (Å²) < 4.78 is 5.49. The van der Waals surface area contributed by atoms with Crippen LogP contribution in [0.25, 0.3) is 0 Å². The molecule has 2 nitrogen and oxygen atoms in total. The lowest BCUT2D eigenvalue weighted by Gasteiger charge is -2.38. The summed E-state index contributed by atoms with van der Waals surface area (Å²) >= 11 is 0. The predicted molar refractivity (Wildman–Crippen MR) is 86.5 cm³/mol. The minimum atomic E-state index is -0.0355. The molecule has 0 amide bonds. The average molecular weight is 277 g/mol. The molecule has 0 N–H and O–H groups in total. The molecule has 106 valence electrons. The van der Waals surface area contributed by atoms with Gasteiger partial charge in [-0.2, -0.15) is 0 Å². The number of benzene rings is 2. The van der Waals surface area contributed by atoms with Crippen LogP contribution in [0.3, 0.4) is 0 Å². The molecule has 0 spiro atoms. The maximum Gasteiger partial charge on any atom is 0.0789 e. The number of hydrogen-bond acceptors (Lipinski definition) is 2. The van der Waals surface area contributed by atoms with Gasteiger partial charge in [0, 0.05) is 19.1 Å². The van der Waals surface area contributed by atoms with E-state index in [1.165, 1.54) is 11.1 Å². The van der Waals surface area contributed by atoms with Crippen molar-refractivity contribution < 1.29 is 4.74 Å². The highest BCUT2D eigenvalue weighted by molar-refractivity contribution is 6.13. The molecule has 2 aromatic carbocycles. The molecule has 0 aromatic heterocycles. The second-order valence-electron chi connectivity index (χ2n) is 5.44. The lowest BCUT2D eigenvalue weighted by molar-refractivity contribution is 0.0149. The highest BCUT2D eigenvalue weighted by Gasteiger charge is 2.27. The Morgan fingerprint density at radius 2 is 1.33 bits per heavy atom. The number of morpholine rings is 1. The lowest BCUT2D eigenvalue weighted by Crippen LogP contribution is -2.41. The molecule has 1 saturated heterocycles. The van der Waals surface area contributed by atoms with E-state index in [2.05, 4.69) is 53.4 Å². The first kappa shape index (κ1) is 14.4. The molecule has 21 heavy (non-hydrogen) atoms. The Balaban J connectivity index is 1.92. The molecule has 2 radical (unpaired) electrons. The van der Waals surface area contributed by atoms with Crippen molar-refractivity contribution in [1.29, 1.82) is 0 Å². The van der Waals surface area contributed by atoms with Crippen LogP contribution in [0.2, 0.25) is 0 Å². The van der Waals surface area contributed by atoms with Gasteiger partial charge in [0.15, 0.2) is 0 Å². The molecule has 1 aliphatic rings. The zero-order chi connectivity index (χ0) is 14.5. The average Bonchev–Trinajstić information content (AvgIpc) is 2.58. The normalized spacial score (nSPS) is 19.0. The molecular formula is C18H20BNO. The van der Waals surface area contributed by atoms with Crippen molar-refractivity contribution in [1.82, 2.24) is 4.90 Å². The summed E-state index contributed by atoms with van der Waals surface area (Å²) in [5.74, 6) is -0.0355. The highest BCUT2D eigenvalue weighted by atomic mass is 16.5. The van der Waals surface area contributed by atoms with Crippen LogP contribution in [0.15, 0.2) is 60.7 Å². The largest absolute Gasteiger partial charge is 0.379 e. The third-order valence-corrected chi connectivity index (χ3v) is 4.10. The zero-order valence-electron chi connectivity index (χ0n) is 12.2. The Kier molecular flexibility index (Phi) is 4.74. The smallest absolute Gasteiger partial charge is 0.0789 e. The molecule has 0 unspecified atom stereocenters. The molecule has 3 heteroatoms. The molecule has 0 bridgehead atoms. The van der Waals surface area contributed by atoms with Crippen molar-refractivity contribution in [3.63, 3.8) is 0 Å². The van der Waals surface area contributed by atoms with Crippen LogP contribution in [0, 0.1) is 0 Å². The SMILES string of the molecule is [B][C@@H](c1ccccc1)[C@H](c1ccccc1)N1CCOCC1. The van der Waals surface area contributed by atoms with Gasteiger partial charge in [0.25, 0.3) is 0 Å². The van der Waals surface area contributed by atoms with Gasteiger partial charge in [-0.25, -0.2) is 0 Å². The Morgan fingerprint density at radius 3 is 1.90 bits per heavy atom. The molecule has 1 heterocycles. The maximum absolute atomic E-state index is 6.62. The van der Waals surface area contributed by atoms with E-state index in [1.807, 2.05) is 12.1 Å². The number of rotatable bonds is 4. The molecule has 2 atom stereocenters. The fourth-order valence-corrected chi connectivity index (χ4v) is 3.01. The summed E-state index contributed by atoms with van der Waals surface area (Å²) in [7, 11) is 6.62. The van der Waals surface area contributed by atoms with Crippen LogP contribution >= 0.6 is 0 Å². The standard InChI is InChI=1S/C18H20BNO/c19-17(15-7-3-1-4-8-15)18(16-9-5-2-6-10-16)20-11-13-21-14-12-20/h1-10,17-18H,11-14H2/t17-,18-/m0/s1.